The number of hydrogen-bond acceptors (Lipinski definition) is 4. The van der Waals surface area contributed by atoms with Crippen molar-refractivity contribution in [2.45, 2.75) is 39.2 Å². The van der Waals surface area contributed by atoms with Gasteiger partial charge in [0.1, 0.15) is 5.75 Å². The summed E-state index contributed by atoms with van der Waals surface area (Å²) in [5, 5.41) is 3.36. The first-order valence-electron chi connectivity index (χ1n) is 9.83. The molecule has 1 atom stereocenters. The molecule has 0 saturated heterocycles. The van der Waals surface area contributed by atoms with E-state index in [1.54, 1.807) is 18.2 Å². The van der Waals surface area contributed by atoms with Gasteiger partial charge in [0.15, 0.2) is 0 Å². The van der Waals surface area contributed by atoms with Crippen LogP contribution >= 0.6 is 11.6 Å². The van der Waals surface area contributed by atoms with Gasteiger partial charge in [-0.2, -0.15) is 0 Å². The largest absolute Gasteiger partial charge is 0.495 e. The fraction of sp³-hybridized carbons (Fsp3) is 0.409. The quantitative estimate of drug-likeness (QED) is 0.577. The van der Waals surface area contributed by atoms with Crippen LogP contribution in [0.15, 0.2) is 42.5 Å². The van der Waals surface area contributed by atoms with Crippen molar-refractivity contribution >= 4 is 33.2 Å². The molecule has 0 heterocycles. The molecule has 0 aromatic heterocycles. The highest BCUT2D eigenvalue weighted by Crippen LogP contribution is 2.30. The van der Waals surface area contributed by atoms with Gasteiger partial charge in [0, 0.05) is 13.0 Å². The minimum Gasteiger partial charge on any atom is -0.495 e. The fourth-order valence-electron chi connectivity index (χ4n) is 3.17. The Labute approximate surface area is 184 Å². The normalized spacial score (nSPS) is 12.3. The molecule has 2 aromatic carbocycles. The summed E-state index contributed by atoms with van der Waals surface area (Å²) in [6.07, 6.45) is 2.51. The van der Waals surface area contributed by atoms with E-state index in [9.17, 15) is 13.2 Å². The maximum absolute atomic E-state index is 12.4. The van der Waals surface area contributed by atoms with Gasteiger partial charge in [-0.05, 0) is 43.5 Å². The van der Waals surface area contributed by atoms with E-state index < -0.39 is 10.0 Å². The van der Waals surface area contributed by atoms with E-state index in [1.165, 1.54) is 17.0 Å². The Bertz CT molecular complexity index is 962. The van der Waals surface area contributed by atoms with Crippen LogP contribution in [0, 0.1) is 6.92 Å². The molecule has 0 aliphatic carbocycles. The second kappa shape index (κ2) is 10.7. The predicted molar refractivity (Wildman–Crippen MR) is 122 cm³/mol. The fourth-order valence-corrected chi connectivity index (χ4v) is 4.38. The van der Waals surface area contributed by atoms with Crippen LogP contribution in [-0.4, -0.2) is 34.2 Å². The number of aryl methyl sites for hydroxylation is 1. The smallest absolute Gasteiger partial charge is 0.232 e. The zero-order valence-corrected chi connectivity index (χ0v) is 19.4. The van der Waals surface area contributed by atoms with E-state index in [0.29, 0.717) is 22.9 Å². The van der Waals surface area contributed by atoms with Crippen LogP contribution in [-0.2, 0) is 14.8 Å². The number of amides is 1. The van der Waals surface area contributed by atoms with Gasteiger partial charge in [-0.3, -0.25) is 9.10 Å². The SMILES string of the molecule is CCC(NC(=O)CCCN(c1ccc(OC)c(Cl)c1)S(C)(=O)=O)c1ccc(C)cc1. The number of rotatable bonds is 10. The molecule has 0 saturated carbocycles. The van der Waals surface area contributed by atoms with Crippen molar-refractivity contribution in [1.29, 1.82) is 0 Å². The van der Waals surface area contributed by atoms with Crippen molar-refractivity contribution in [2.75, 3.05) is 24.2 Å². The summed E-state index contributed by atoms with van der Waals surface area (Å²) in [4.78, 5) is 12.4. The molecule has 0 aliphatic heterocycles. The Hall–Kier alpha value is -2.25. The predicted octanol–water partition coefficient (Wildman–Crippen LogP) is 4.47. The van der Waals surface area contributed by atoms with E-state index in [1.807, 2.05) is 38.1 Å². The maximum atomic E-state index is 12.4. The molecule has 0 radical (unpaired) electrons. The third-order valence-electron chi connectivity index (χ3n) is 4.81. The molecule has 2 rings (SSSR count). The van der Waals surface area contributed by atoms with Crippen LogP contribution in [0.4, 0.5) is 5.69 Å². The number of nitrogens with zero attached hydrogens (tertiary/aromatic N) is 1. The van der Waals surface area contributed by atoms with Crippen molar-refractivity contribution in [3.05, 3.63) is 58.6 Å². The van der Waals surface area contributed by atoms with Crippen LogP contribution in [0.2, 0.25) is 5.02 Å². The standard InChI is InChI=1S/C22H29ClN2O4S/c1-5-20(17-10-8-16(2)9-11-17)24-22(26)7-6-14-25(30(4,27)28)18-12-13-21(29-3)19(23)15-18/h8-13,15,20H,5-7,14H2,1-4H3,(H,24,26). The van der Waals surface area contributed by atoms with Gasteiger partial charge in [0.05, 0.1) is 30.1 Å². The molecular formula is C22H29ClN2O4S. The summed E-state index contributed by atoms with van der Waals surface area (Å²) < 4.78 is 30.9. The lowest BCUT2D eigenvalue weighted by Crippen LogP contribution is -2.33. The van der Waals surface area contributed by atoms with Gasteiger partial charge in [0.25, 0.3) is 0 Å². The molecule has 0 aliphatic rings. The van der Waals surface area contributed by atoms with E-state index in [0.717, 1.165) is 18.2 Å². The molecule has 1 unspecified atom stereocenters. The lowest BCUT2D eigenvalue weighted by molar-refractivity contribution is -0.121. The minimum atomic E-state index is -3.52. The Balaban J connectivity index is 2.00. The number of benzene rings is 2. The number of methoxy groups -OCH3 is 1. The summed E-state index contributed by atoms with van der Waals surface area (Å²) in [5.41, 5.74) is 2.66. The Morgan fingerprint density at radius 3 is 2.40 bits per heavy atom. The van der Waals surface area contributed by atoms with Gasteiger partial charge < -0.3 is 10.1 Å². The summed E-state index contributed by atoms with van der Waals surface area (Å²) in [6.45, 7) is 4.21. The van der Waals surface area contributed by atoms with Gasteiger partial charge in [-0.15, -0.1) is 0 Å². The van der Waals surface area contributed by atoms with Crippen LogP contribution in [0.3, 0.4) is 0 Å². The highest BCUT2D eigenvalue weighted by Gasteiger charge is 2.19. The first-order chi connectivity index (χ1) is 14.2. The van der Waals surface area contributed by atoms with E-state index in [4.69, 9.17) is 16.3 Å². The highest BCUT2D eigenvalue weighted by atomic mass is 35.5. The van der Waals surface area contributed by atoms with Crippen molar-refractivity contribution in [3.63, 3.8) is 0 Å². The molecule has 8 heteroatoms. The number of sulfonamides is 1. The monoisotopic (exact) mass is 452 g/mol. The second-order valence-electron chi connectivity index (χ2n) is 7.20. The van der Waals surface area contributed by atoms with Crippen LogP contribution in [0.1, 0.15) is 43.4 Å². The number of carbonyl (C=O) groups is 1. The molecule has 0 fully saturated rings. The average Bonchev–Trinajstić information content (AvgIpc) is 2.69. The van der Waals surface area contributed by atoms with Gasteiger partial charge in [-0.1, -0.05) is 48.4 Å². The average molecular weight is 453 g/mol. The molecule has 30 heavy (non-hydrogen) atoms. The van der Waals surface area contributed by atoms with Crippen LogP contribution in [0.25, 0.3) is 0 Å². The summed E-state index contributed by atoms with van der Waals surface area (Å²) in [5.74, 6) is 0.360. The third kappa shape index (κ3) is 6.64. The van der Waals surface area contributed by atoms with Crippen molar-refractivity contribution < 1.29 is 17.9 Å². The molecule has 0 bridgehead atoms. The topological polar surface area (TPSA) is 75.7 Å². The van der Waals surface area contributed by atoms with Gasteiger partial charge in [-0.25, -0.2) is 8.42 Å². The molecule has 164 valence electrons. The Kier molecular flexibility index (Phi) is 8.55. The molecule has 0 spiro atoms. The first kappa shape index (κ1) is 24.0. The highest BCUT2D eigenvalue weighted by molar-refractivity contribution is 7.92. The number of halogens is 1. The first-order valence-corrected chi connectivity index (χ1v) is 12.1. The van der Waals surface area contributed by atoms with Gasteiger partial charge >= 0.3 is 0 Å². The van der Waals surface area contributed by atoms with E-state index in [-0.39, 0.29) is 24.9 Å². The second-order valence-corrected chi connectivity index (χ2v) is 9.51. The molecule has 6 nitrogen and oxygen atoms in total. The molecular weight excluding hydrogens is 424 g/mol. The Morgan fingerprint density at radius 1 is 1.20 bits per heavy atom. The number of anilines is 1. The summed E-state index contributed by atoms with van der Waals surface area (Å²) in [7, 11) is -2.03. The molecule has 1 N–H and O–H groups in total. The minimum absolute atomic E-state index is 0.0653. The number of hydrogen-bond donors (Lipinski definition) is 1. The number of nitrogens with one attached hydrogen (secondary N) is 1. The van der Waals surface area contributed by atoms with Gasteiger partial charge in [0.2, 0.25) is 15.9 Å². The lowest BCUT2D eigenvalue weighted by Gasteiger charge is -2.23. The van der Waals surface area contributed by atoms with E-state index in [2.05, 4.69) is 5.32 Å². The van der Waals surface area contributed by atoms with Crippen LogP contribution < -0.4 is 14.4 Å². The lowest BCUT2D eigenvalue weighted by atomic mass is 10.0. The van der Waals surface area contributed by atoms with Crippen molar-refractivity contribution in [1.82, 2.24) is 5.32 Å². The maximum Gasteiger partial charge on any atom is 0.232 e. The van der Waals surface area contributed by atoms with Crippen molar-refractivity contribution in [3.8, 4) is 5.75 Å². The van der Waals surface area contributed by atoms with Crippen molar-refractivity contribution in [2.24, 2.45) is 0 Å². The van der Waals surface area contributed by atoms with E-state index >= 15 is 0 Å². The Morgan fingerprint density at radius 2 is 1.87 bits per heavy atom. The number of carbonyl (C=O) groups excluding carboxylic acids is 1. The molecule has 1 amide bonds. The summed E-state index contributed by atoms with van der Waals surface area (Å²) in [6, 6.07) is 12.8. The van der Waals surface area contributed by atoms with Crippen LogP contribution in [0.5, 0.6) is 5.75 Å². The number of ether oxygens (including phenoxy) is 1. The summed E-state index contributed by atoms with van der Waals surface area (Å²) >= 11 is 6.14. The zero-order valence-electron chi connectivity index (χ0n) is 17.8. The molecule has 2 aromatic rings. The third-order valence-corrected chi connectivity index (χ3v) is 6.30. The zero-order chi connectivity index (χ0) is 22.3.